The SMILES string of the molecule is C[C@@H]1COCCN1c1cc(C2(C#N)CCC(OC3CC3)CC2)c2ccnc(-c3ccn[nH]3)c2n1. The summed E-state index contributed by atoms with van der Waals surface area (Å²) in [5, 5.41) is 18.7. The van der Waals surface area contributed by atoms with E-state index in [0.29, 0.717) is 19.3 Å². The van der Waals surface area contributed by atoms with Crippen molar-refractivity contribution in [3.05, 3.63) is 36.2 Å². The van der Waals surface area contributed by atoms with Gasteiger partial charge in [-0.3, -0.25) is 10.1 Å². The molecule has 0 spiro atoms. The first-order valence-electron chi connectivity index (χ1n) is 12.4. The first-order chi connectivity index (χ1) is 16.7. The van der Waals surface area contributed by atoms with Crippen LogP contribution in [0.15, 0.2) is 30.6 Å². The van der Waals surface area contributed by atoms with Crippen LogP contribution in [0, 0.1) is 11.3 Å². The minimum atomic E-state index is -0.568. The molecule has 1 aliphatic heterocycles. The van der Waals surface area contributed by atoms with Crippen molar-refractivity contribution in [3.63, 3.8) is 0 Å². The van der Waals surface area contributed by atoms with Gasteiger partial charge in [-0.15, -0.1) is 0 Å². The second kappa shape index (κ2) is 8.64. The number of fused-ring (bicyclic) bond motifs is 1. The molecule has 2 aliphatic carbocycles. The second-order valence-corrected chi connectivity index (χ2v) is 9.90. The number of hydrogen-bond donors (Lipinski definition) is 1. The molecular formula is C26H30N6O2. The van der Waals surface area contributed by atoms with E-state index < -0.39 is 5.41 Å². The van der Waals surface area contributed by atoms with E-state index in [2.05, 4.69) is 39.1 Å². The Kier molecular flexibility index (Phi) is 5.47. The summed E-state index contributed by atoms with van der Waals surface area (Å²) in [7, 11) is 0. The number of nitrogens with zero attached hydrogens (tertiary/aromatic N) is 5. The highest BCUT2D eigenvalue weighted by molar-refractivity contribution is 5.94. The minimum absolute atomic E-state index is 0.208. The summed E-state index contributed by atoms with van der Waals surface area (Å²) < 4.78 is 11.9. The maximum atomic E-state index is 10.6. The predicted molar refractivity (Wildman–Crippen MR) is 128 cm³/mol. The molecule has 1 atom stereocenters. The van der Waals surface area contributed by atoms with Gasteiger partial charge in [0.05, 0.1) is 48.6 Å². The van der Waals surface area contributed by atoms with Crippen LogP contribution in [0.25, 0.3) is 22.3 Å². The van der Waals surface area contributed by atoms with Crippen molar-refractivity contribution < 1.29 is 9.47 Å². The average Bonchev–Trinajstić information content (AvgIpc) is 3.52. The first kappa shape index (κ1) is 21.5. The lowest BCUT2D eigenvalue weighted by molar-refractivity contribution is 0.00727. The molecule has 0 radical (unpaired) electrons. The fourth-order valence-corrected chi connectivity index (χ4v) is 5.47. The van der Waals surface area contributed by atoms with Gasteiger partial charge in [0.25, 0.3) is 0 Å². The molecule has 1 saturated heterocycles. The highest BCUT2D eigenvalue weighted by Gasteiger charge is 2.41. The zero-order chi connectivity index (χ0) is 23.1. The molecule has 0 bridgehead atoms. The zero-order valence-corrected chi connectivity index (χ0v) is 19.5. The molecule has 8 heteroatoms. The van der Waals surface area contributed by atoms with E-state index in [4.69, 9.17) is 14.5 Å². The summed E-state index contributed by atoms with van der Waals surface area (Å²) in [4.78, 5) is 12.1. The lowest BCUT2D eigenvalue weighted by Crippen LogP contribution is -2.44. The zero-order valence-electron chi connectivity index (χ0n) is 19.5. The van der Waals surface area contributed by atoms with E-state index in [1.54, 1.807) is 6.20 Å². The number of ether oxygens (including phenoxy) is 2. The lowest BCUT2D eigenvalue weighted by atomic mass is 9.69. The molecule has 3 aromatic heterocycles. The van der Waals surface area contributed by atoms with E-state index in [0.717, 1.165) is 65.9 Å². The van der Waals surface area contributed by atoms with Crippen molar-refractivity contribution in [1.82, 2.24) is 20.2 Å². The van der Waals surface area contributed by atoms with Crippen LogP contribution < -0.4 is 4.90 Å². The van der Waals surface area contributed by atoms with Crippen molar-refractivity contribution in [1.29, 1.82) is 5.26 Å². The van der Waals surface area contributed by atoms with Crippen molar-refractivity contribution in [3.8, 4) is 17.5 Å². The molecule has 34 heavy (non-hydrogen) atoms. The number of rotatable bonds is 5. The van der Waals surface area contributed by atoms with Gasteiger partial charge in [0, 0.05) is 24.3 Å². The second-order valence-electron chi connectivity index (χ2n) is 9.90. The Hall–Kier alpha value is -3.02. The molecule has 4 heterocycles. The van der Waals surface area contributed by atoms with Crippen LogP contribution in [0.4, 0.5) is 5.82 Å². The third-order valence-corrected chi connectivity index (χ3v) is 7.56. The fourth-order valence-electron chi connectivity index (χ4n) is 5.47. The van der Waals surface area contributed by atoms with Gasteiger partial charge in [-0.05, 0) is 69.2 Å². The van der Waals surface area contributed by atoms with Crippen molar-refractivity contribution in [2.45, 2.75) is 69.1 Å². The van der Waals surface area contributed by atoms with E-state index in [9.17, 15) is 5.26 Å². The standard InChI is InChI=1S/C26H30N6O2/c1-17-15-33-13-12-32(17)23-14-21(26(16-27)8-4-19(5-9-26)34-18-2-3-18)20-6-10-28-25(24(20)30-23)22-7-11-29-31-22/h6-7,10-11,14,17-19H,2-5,8-9,12-13,15H2,1H3,(H,29,31)/t17-,19?,26?/m1/s1. The number of pyridine rings is 2. The molecule has 3 fully saturated rings. The summed E-state index contributed by atoms with van der Waals surface area (Å²) in [5.41, 5.74) is 2.88. The topological polar surface area (TPSA) is 100.0 Å². The molecule has 0 aromatic carbocycles. The third kappa shape index (κ3) is 3.83. The molecule has 0 amide bonds. The van der Waals surface area contributed by atoms with E-state index in [1.165, 1.54) is 12.8 Å². The molecule has 3 aliphatic rings. The number of morpholine rings is 1. The smallest absolute Gasteiger partial charge is 0.130 e. The Morgan fingerprint density at radius 3 is 2.71 bits per heavy atom. The van der Waals surface area contributed by atoms with Crippen LogP contribution in [0.5, 0.6) is 0 Å². The van der Waals surface area contributed by atoms with Crippen LogP contribution in [0.1, 0.15) is 51.0 Å². The number of aromatic amines is 1. The molecule has 8 nitrogen and oxygen atoms in total. The van der Waals surface area contributed by atoms with Gasteiger partial charge in [-0.2, -0.15) is 10.4 Å². The largest absolute Gasteiger partial charge is 0.377 e. The van der Waals surface area contributed by atoms with Crippen molar-refractivity contribution >= 4 is 16.7 Å². The van der Waals surface area contributed by atoms with Crippen LogP contribution in [0.2, 0.25) is 0 Å². The van der Waals surface area contributed by atoms with Gasteiger partial charge < -0.3 is 14.4 Å². The van der Waals surface area contributed by atoms with Gasteiger partial charge in [0.2, 0.25) is 0 Å². The summed E-state index contributed by atoms with van der Waals surface area (Å²) in [6.45, 7) is 4.27. The lowest BCUT2D eigenvalue weighted by Gasteiger charge is -2.38. The third-order valence-electron chi connectivity index (χ3n) is 7.56. The molecule has 2 saturated carbocycles. The Balaban J connectivity index is 1.48. The van der Waals surface area contributed by atoms with Gasteiger partial charge in [-0.25, -0.2) is 4.98 Å². The number of hydrogen-bond acceptors (Lipinski definition) is 7. The number of nitrogens with one attached hydrogen (secondary N) is 1. The van der Waals surface area contributed by atoms with Crippen LogP contribution in [-0.2, 0) is 14.9 Å². The van der Waals surface area contributed by atoms with Crippen LogP contribution in [0.3, 0.4) is 0 Å². The van der Waals surface area contributed by atoms with Crippen LogP contribution in [-0.4, -0.2) is 58.2 Å². The van der Waals surface area contributed by atoms with Gasteiger partial charge >= 0.3 is 0 Å². The van der Waals surface area contributed by atoms with E-state index in [-0.39, 0.29) is 12.1 Å². The Morgan fingerprint density at radius 2 is 2.00 bits per heavy atom. The predicted octanol–water partition coefficient (Wildman–Crippen LogP) is 4.13. The van der Waals surface area contributed by atoms with Crippen LogP contribution >= 0.6 is 0 Å². The summed E-state index contributed by atoms with van der Waals surface area (Å²) in [6.07, 6.45) is 10.0. The monoisotopic (exact) mass is 458 g/mol. The molecule has 0 unspecified atom stereocenters. The number of nitriles is 1. The summed E-state index contributed by atoms with van der Waals surface area (Å²) >= 11 is 0. The number of H-pyrrole nitrogens is 1. The normalized spacial score (nSPS) is 27.6. The molecule has 3 aromatic rings. The van der Waals surface area contributed by atoms with Gasteiger partial charge in [0.15, 0.2) is 0 Å². The highest BCUT2D eigenvalue weighted by Crippen LogP contribution is 2.45. The highest BCUT2D eigenvalue weighted by atomic mass is 16.5. The fraction of sp³-hybridized carbons (Fsp3) is 0.538. The first-order valence-corrected chi connectivity index (χ1v) is 12.4. The Morgan fingerprint density at radius 1 is 1.18 bits per heavy atom. The van der Waals surface area contributed by atoms with Gasteiger partial charge in [0.1, 0.15) is 17.0 Å². The molecule has 176 valence electrons. The summed E-state index contributed by atoms with van der Waals surface area (Å²) in [5.74, 6) is 0.887. The van der Waals surface area contributed by atoms with Gasteiger partial charge in [-0.1, -0.05) is 0 Å². The quantitative estimate of drug-likeness (QED) is 0.614. The number of aromatic nitrogens is 4. The maximum Gasteiger partial charge on any atom is 0.130 e. The Bertz CT molecular complexity index is 1210. The van der Waals surface area contributed by atoms with Crippen molar-refractivity contribution in [2.75, 3.05) is 24.7 Å². The maximum absolute atomic E-state index is 10.6. The Labute approximate surface area is 199 Å². The molecule has 1 N–H and O–H groups in total. The number of anilines is 1. The minimum Gasteiger partial charge on any atom is -0.377 e. The van der Waals surface area contributed by atoms with E-state index in [1.807, 2.05) is 18.3 Å². The molecular weight excluding hydrogens is 428 g/mol. The average molecular weight is 459 g/mol. The molecule has 6 rings (SSSR count). The van der Waals surface area contributed by atoms with Crippen molar-refractivity contribution in [2.24, 2.45) is 0 Å². The summed E-state index contributed by atoms with van der Waals surface area (Å²) in [6, 6.07) is 9.03. The van der Waals surface area contributed by atoms with E-state index >= 15 is 0 Å².